The van der Waals surface area contributed by atoms with E-state index in [-0.39, 0.29) is 32.2 Å². The number of carboxylic acid groups (broad SMARTS) is 1. The van der Waals surface area contributed by atoms with Crippen LogP contribution in [0.25, 0.3) is 0 Å². The lowest BCUT2D eigenvalue weighted by Crippen LogP contribution is -2.44. The summed E-state index contributed by atoms with van der Waals surface area (Å²) in [5, 5.41) is 11.8. The molecule has 0 saturated heterocycles. The number of aliphatic carboxylic acids is 1. The van der Waals surface area contributed by atoms with Crippen molar-refractivity contribution < 1.29 is 42.9 Å². The summed E-state index contributed by atoms with van der Waals surface area (Å²) in [6, 6.07) is 0. The van der Waals surface area contributed by atoms with Crippen LogP contribution in [0.2, 0.25) is 0 Å². The molecule has 0 saturated carbocycles. The molecule has 0 aromatic rings. The van der Waals surface area contributed by atoms with Crippen molar-refractivity contribution in [2.45, 2.75) is 347 Å². The molecule has 0 radical (unpaired) electrons. The van der Waals surface area contributed by atoms with Crippen LogP contribution in [0.5, 0.6) is 0 Å². The fourth-order valence-corrected chi connectivity index (χ4v) is 10.4. The van der Waals surface area contributed by atoms with Crippen LogP contribution in [-0.4, -0.2) is 82.3 Å². The van der Waals surface area contributed by atoms with E-state index in [4.69, 9.17) is 18.9 Å². The Morgan fingerprint density at radius 1 is 0.365 bits per heavy atom. The number of carboxylic acids is 1. The number of rotatable bonds is 67. The second kappa shape index (κ2) is 66.7. The quantitative estimate of drug-likeness (QED) is 0.0195. The van der Waals surface area contributed by atoms with E-state index in [2.05, 4.69) is 86.8 Å². The van der Waals surface area contributed by atoms with Crippen molar-refractivity contribution in [2.24, 2.45) is 0 Å². The van der Waals surface area contributed by atoms with Crippen LogP contribution in [-0.2, 0) is 33.3 Å². The summed E-state index contributed by atoms with van der Waals surface area (Å²) in [7, 11) is 5.93. The van der Waals surface area contributed by atoms with Gasteiger partial charge in [-0.15, -0.1) is 0 Å². The summed E-state index contributed by atoms with van der Waals surface area (Å²) in [6.07, 6.45) is 85.9. The molecule has 85 heavy (non-hydrogen) atoms. The van der Waals surface area contributed by atoms with Crippen LogP contribution in [0.15, 0.2) is 72.9 Å². The van der Waals surface area contributed by atoms with E-state index in [9.17, 15) is 19.5 Å². The van der Waals surface area contributed by atoms with E-state index in [1.54, 1.807) is 0 Å². The van der Waals surface area contributed by atoms with Gasteiger partial charge >= 0.3 is 11.9 Å². The molecular weight excluding hydrogens is 1050 g/mol. The highest BCUT2D eigenvalue weighted by Gasteiger charge is 2.22. The molecule has 0 aromatic carbocycles. The van der Waals surface area contributed by atoms with Crippen molar-refractivity contribution in [3.63, 3.8) is 0 Å². The number of carbonyl (C=O) groups is 3. The highest BCUT2D eigenvalue weighted by Crippen LogP contribution is 2.18. The molecule has 0 aliphatic carbocycles. The standard InChI is InChI=1S/C76H137NO8/c1-6-8-10-12-14-16-18-20-22-24-26-27-28-29-30-31-32-33-34-35-36-37-38-39-40-41-42-43-44-45-46-47-49-50-52-54-56-58-60-62-64-66-73(78)83-70-72(71-84-76(75(80)81)82-69-68-77(3,4)5)85-74(79)67-65-63-61-59-57-55-53-51-48-25-23-21-19-17-15-13-11-9-7-2/h9,11,15,17-18,20-21,23-24,26,48,51,72,76H,6-8,10,12-14,16,19,22,25,27-47,49-50,52-71H2,1-5H3/b11-9-,17-15-,20-18-,23-21-,26-24-,51-48-. The largest absolute Gasteiger partial charge is 0.545 e. The van der Waals surface area contributed by atoms with Crippen LogP contribution >= 0.6 is 0 Å². The van der Waals surface area contributed by atoms with Gasteiger partial charge in [0.25, 0.3) is 0 Å². The predicted octanol–water partition coefficient (Wildman–Crippen LogP) is 21.1. The summed E-state index contributed by atoms with van der Waals surface area (Å²) < 4.78 is 22.8. The molecule has 9 heteroatoms. The summed E-state index contributed by atoms with van der Waals surface area (Å²) in [5.74, 6) is -2.29. The van der Waals surface area contributed by atoms with Gasteiger partial charge in [0.2, 0.25) is 0 Å². The molecule has 0 aliphatic rings. The van der Waals surface area contributed by atoms with Crippen LogP contribution < -0.4 is 5.11 Å². The monoisotopic (exact) mass is 1190 g/mol. The Hall–Kier alpha value is -3.27. The normalized spacial score (nSPS) is 13.1. The van der Waals surface area contributed by atoms with E-state index >= 15 is 0 Å². The Morgan fingerprint density at radius 3 is 1.00 bits per heavy atom. The first-order valence-electron chi connectivity index (χ1n) is 36.1. The Labute approximate surface area is 526 Å². The van der Waals surface area contributed by atoms with Gasteiger partial charge in [-0.2, -0.15) is 0 Å². The van der Waals surface area contributed by atoms with Gasteiger partial charge in [0, 0.05) is 12.8 Å². The molecule has 494 valence electrons. The molecule has 0 spiro atoms. The van der Waals surface area contributed by atoms with Crippen molar-refractivity contribution in [1.82, 2.24) is 0 Å². The number of quaternary nitrogens is 1. The van der Waals surface area contributed by atoms with Crippen LogP contribution in [0.4, 0.5) is 0 Å². The molecule has 0 heterocycles. The zero-order valence-corrected chi connectivity index (χ0v) is 56.5. The molecule has 2 atom stereocenters. The van der Waals surface area contributed by atoms with E-state index < -0.39 is 24.3 Å². The molecule has 0 aliphatic heterocycles. The number of ether oxygens (including phenoxy) is 4. The van der Waals surface area contributed by atoms with Crippen LogP contribution in [0, 0.1) is 0 Å². The van der Waals surface area contributed by atoms with E-state index in [1.807, 2.05) is 21.1 Å². The first kappa shape index (κ1) is 81.7. The molecule has 9 nitrogen and oxygen atoms in total. The number of allylic oxidation sites excluding steroid dienone is 12. The Morgan fingerprint density at radius 2 is 0.671 bits per heavy atom. The number of carbonyl (C=O) groups excluding carboxylic acids is 3. The van der Waals surface area contributed by atoms with Crippen molar-refractivity contribution in [2.75, 3.05) is 47.5 Å². The zero-order valence-electron chi connectivity index (χ0n) is 56.5. The van der Waals surface area contributed by atoms with Gasteiger partial charge in [-0.1, -0.05) is 311 Å². The maximum atomic E-state index is 12.9. The fourth-order valence-electron chi connectivity index (χ4n) is 10.4. The van der Waals surface area contributed by atoms with Crippen molar-refractivity contribution in [3.8, 4) is 0 Å². The molecule has 0 N–H and O–H groups in total. The third kappa shape index (κ3) is 68.1. The molecule has 0 aromatic heterocycles. The van der Waals surface area contributed by atoms with Gasteiger partial charge in [0.05, 0.1) is 40.3 Å². The second-order valence-electron chi connectivity index (χ2n) is 25.5. The summed E-state index contributed by atoms with van der Waals surface area (Å²) >= 11 is 0. The third-order valence-corrected chi connectivity index (χ3v) is 15.9. The van der Waals surface area contributed by atoms with Crippen molar-refractivity contribution >= 4 is 17.9 Å². The maximum Gasteiger partial charge on any atom is 0.306 e. The van der Waals surface area contributed by atoms with Crippen molar-refractivity contribution in [3.05, 3.63) is 72.9 Å². The lowest BCUT2D eigenvalue weighted by Gasteiger charge is -2.26. The maximum absolute atomic E-state index is 12.9. The summed E-state index contributed by atoms with van der Waals surface area (Å²) in [4.78, 5) is 37.4. The zero-order chi connectivity index (χ0) is 61.9. The van der Waals surface area contributed by atoms with Gasteiger partial charge in [-0.05, 0) is 83.5 Å². The van der Waals surface area contributed by atoms with E-state index in [0.717, 1.165) is 89.9 Å². The van der Waals surface area contributed by atoms with Gasteiger partial charge in [-0.25, -0.2) is 0 Å². The predicted molar refractivity (Wildman–Crippen MR) is 361 cm³/mol. The highest BCUT2D eigenvalue weighted by atomic mass is 16.7. The van der Waals surface area contributed by atoms with Crippen molar-refractivity contribution in [1.29, 1.82) is 0 Å². The van der Waals surface area contributed by atoms with Gasteiger partial charge in [0.1, 0.15) is 13.2 Å². The second-order valence-corrected chi connectivity index (χ2v) is 25.5. The lowest BCUT2D eigenvalue weighted by molar-refractivity contribution is -0.870. The Bertz CT molecular complexity index is 1620. The Kier molecular flexibility index (Phi) is 64.1. The average molecular weight is 1190 g/mol. The lowest BCUT2D eigenvalue weighted by atomic mass is 10.0. The molecule has 0 bridgehead atoms. The average Bonchev–Trinajstić information content (AvgIpc) is 3.48. The highest BCUT2D eigenvalue weighted by molar-refractivity contribution is 5.70. The first-order chi connectivity index (χ1) is 41.6. The minimum Gasteiger partial charge on any atom is -0.545 e. The molecule has 0 rings (SSSR count). The number of esters is 2. The summed E-state index contributed by atoms with van der Waals surface area (Å²) in [6.45, 7) is 4.64. The van der Waals surface area contributed by atoms with Gasteiger partial charge in [-0.3, -0.25) is 9.59 Å². The first-order valence-corrected chi connectivity index (χ1v) is 36.1. The molecule has 0 fully saturated rings. The number of likely N-dealkylation sites (N-methyl/N-ethyl adjacent to an activating group) is 1. The minimum atomic E-state index is -1.63. The van der Waals surface area contributed by atoms with E-state index in [0.29, 0.717) is 23.9 Å². The smallest absolute Gasteiger partial charge is 0.306 e. The molecular formula is C76H137NO8. The topological polar surface area (TPSA) is 111 Å². The summed E-state index contributed by atoms with van der Waals surface area (Å²) in [5.41, 5.74) is 0. The Balaban J connectivity index is 3.93. The number of hydrogen-bond acceptors (Lipinski definition) is 8. The number of hydrogen-bond donors (Lipinski definition) is 0. The van der Waals surface area contributed by atoms with E-state index in [1.165, 1.54) is 212 Å². The van der Waals surface area contributed by atoms with Crippen LogP contribution in [0.3, 0.4) is 0 Å². The molecule has 2 unspecified atom stereocenters. The SMILES string of the molecule is CC/C=C\C/C=C\C/C=C\C/C=C\CCCCCCCCC(=O)OC(COC(=O)CCCCCCCCCCCCCCCCCCCCCCCCCCCCCCC/C=C\C/C=C\CCCCCCC)COC(OCC[N+](C)(C)C)C(=O)[O-]. The molecule has 0 amide bonds. The third-order valence-electron chi connectivity index (χ3n) is 15.9. The minimum absolute atomic E-state index is 0.144. The number of nitrogens with zero attached hydrogens (tertiary/aromatic N) is 1. The van der Waals surface area contributed by atoms with Crippen LogP contribution in [0.1, 0.15) is 335 Å². The fraction of sp³-hybridized carbons (Fsp3) is 0.803. The van der Waals surface area contributed by atoms with Gasteiger partial charge < -0.3 is 33.3 Å². The number of unbranched alkanes of at least 4 members (excludes halogenated alkanes) is 40. The van der Waals surface area contributed by atoms with Gasteiger partial charge in [0.15, 0.2) is 12.4 Å².